The fourth-order valence-electron chi connectivity index (χ4n) is 3.30. The van der Waals surface area contributed by atoms with E-state index in [2.05, 4.69) is 28.5 Å². The van der Waals surface area contributed by atoms with Gasteiger partial charge in [-0.1, -0.05) is 65.0 Å². The van der Waals surface area contributed by atoms with Crippen molar-refractivity contribution >= 4 is 33.5 Å². The van der Waals surface area contributed by atoms with Crippen LogP contribution >= 0.6 is 11.6 Å². The lowest BCUT2D eigenvalue weighted by Gasteiger charge is -2.03. The molecule has 6 heteroatoms. The molecule has 3 aromatic heterocycles. The summed E-state index contributed by atoms with van der Waals surface area (Å²) in [5.41, 5.74) is 3.85. The number of halogens is 1. The maximum absolute atomic E-state index is 6.14. The molecule has 0 aliphatic heterocycles. The second kappa shape index (κ2) is 11.7. The fraction of sp³-hybridized carbons (Fsp3) is 0.458. The molecular formula is C24H34ClN5. The molecule has 0 atom stereocenters. The maximum Gasteiger partial charge on any atom is 0.115 e. The predicted molar refractivity (Wildman–Crippen MR) is 128 cm³/mol. The Morgan fingerprint density at radius 1 is 0.967 bits per heavy atom. The number of aromatic nitrogens is 5. The summed E-state index contributed by atoms with van der Waals surface area (Å²) >= 11 is 6.14. The molecule has 0 amide bonds. The highest BCUT2D eigenvalue weighted by molar-refractivity contribution is 6.31. The average molecular weight is 428 g/mol. The number of imidazole rings is 1. The number of benzene rings is 1. The third-order valence-corrected chi connectivity index (χ3v) is 5.05. The predicted octanol–water partition coefficient (Wildman–Crippen LogP) is 6.71. The van der Waals surface area contributed by atoms with Gasteiger partial charge in [0.2, 0.25) is 0 Å². The van der Waals surface area contributed by atoms with Crippen LogP contribution in [0.25, 0.3) is 21.9 Å². The molecule has 0 unspecified atom stereocenters. The van der Waals surface area contributed by atoms with Gasteiger partial charge in [-0.15, -0.1) is 0 Å². The molecule has 0 bridgehead atoms. The Hall–Kier alpha value is -2.40. The Morgan fingerprint density at radius 3 is 2.27 bits per heavy atom. The second-order valence-corrected chi connectivity index (χ2v) is 7.54. The summed E-state index contributed by atoms with van der Waals surface area (Å²) in [4.78, 5) is 9.17. The van der Waals surface area contributed by atoms with Gasteiger partial charge in [0.1, 0.15) is 11.3 Å². The third-order valence-electron chi connectivity index (χ3n) is 4.82. The van der Waals surface area contributed by atoms with E-state index in [0.717, 1.165) is 33.5 Å². The standard InChI is InChI=1S/C16H14ClN5.C6H14.C2H6/c1-21-6-5-11(20-21)8-15-19-14-9-18-13-4-3-10(17)7-12(13)16(14)22(15)2;1-3-5-6-4-2;1-2/h3-7,9H,8H2,1-2H3;3-6H2,1-2H3;1-2H3. The van der Waals surface area contributed by atoms with Crippen molar-refractivity contribution in [3.05, 3.63) is 53.2 Å². The van der Waals surface area contributed by atoms with Gasteiger partial charge in [-0.05, 0) is 24.3 Å². The number of hydrogen-bond donors (Lipinski definition) is 0. The topological polar surface area (TPSA) is 48.5 Å². The van der Waals surface area contributed by atoms with Gasteiger partial charge in [0.05, 0.1) is 29.3 Å². The van der Waals surface area contributed by atoms with Gasteiger partial charge in [-0.2, -0.15) is 5.10 Å². The summed E-state index contributed by atoms with van der Waals surface area (Å²) < 4.78 is 3.90. The minimum Gasteiger partial charge on any atom is -0.330 e. The molecule has 162 valence electrons. The van der Waals surface area contributed by atoms with Crippen LogP contribution < -0.4 is 0 Å². The normalized spacial score (nSPS) is 10.5. The lowest BCUT2D eigenvalue weighted by molar-refractivity contribution is 0.702. The van der Waals surface area contributed by atoms with Gasteiger partial charge in [0, 0.05) is 30.7 Å². The number of pyridine rings is 1. The zero-order valence-corrected chi connectivity index (χ0v) is 19.9. The fourth-order valence-corrected chi connectivity index (χ4v) is 3.47. The van der Waals surface area contributed by atoms with Crippen molar-refractivity contribution in [1.29, 1.82) is 0 Å². The van der Waals surface area contributed by atoms with Crippen molar-refractivity contribution in [2.75, 3.05) is 0 Å². The van der Waals surface area contributed by atoms with E-state index in [4.69, 9.17) is 16.6 Å². The largest absolute Gasteiger partial charge is 0.330 e. The first-order chi connectivity index (χ1) is 14.5. The first-order valence-electron chi connectivity index (χ1n) is 10.9. The number of hydrogen-bond acceptors (Lipinski definition) is 3. The third kappa shape index (κ3) is 5.82. The van der Waals surface area contributed by atoms with E-state index in [0.29, 0.717) is 11.4 Å². The molecule has 0 saturated carbocycles. The molecule has 5 nitrogen and oxygen atoms in total. The first kappa shape index (κ1) is 23.9. The average Bonchev–Trinajstić information content (AvgIpc) is 3.31. The summed E-state index contributed by atoms with van der Waals surface area (Å²) in [6.07, 6.45) is 9.98. The van der Waals surface area contributed by atoms with Gasteiger partial charge < -0.3 is 4.57 Å². The van der Waals surface area contributed by atoms with Crippen molar-refractivity contribution in [2.45, 2.75) is 59.8 Å². The highest BCUT2D eigenvalue weighted by atomic mass is 35.5. The molecule has 0 aliphatic rings. The van der Waals surface area contributed by atoms with Crippen LogP contribution in [0.2, 0.25) is 5.02 Å². The lowest BCUT2D eigenvalue weighted by Crippen LogP contribution is -2.00. The molecule has 4 rings (SSSR count). The van der Waals surface area contributed by atoms with E-state index in [1.54, 1.807) is 4.68 Å². The van der Waals surface area contributed by atoms with Crippen LogP contribution in [0, 0.1) is 0 Å². The summed E-state index contributed by atoms with van der Waals surface area (Å²) in [6.45, 7) is 8.46. The molecule has 0 saturated heterocycles. The number of nitrogens with zero attached hydrogens (tertiary/aromatic N) is 5. The zero-order chi connectivity index (χ0) is 22.1. The van der Waals surface area contributed by atoms with Gasteiger partial charge in [0.25, 0.3) is 0 Å². The van der Waals surface area contributed by atoms with Crippen molar-refractivity contribution in [2.24, 2.45) is 14.1 Å². The highest BCUT2D eigenvalue weighted by Crippen LogP contribution is 2.27. The SMILES string of the molecule is CC.CCCCCC.Cn1ccc(Cc2nc3cnc4ccc(Cl)cc4c3n2C)n1. The second-order valence-electron chi connectivity index (χ2n) is 7.11. The van der Waals surface area contributed by atoms with Crippen molar-refractivity contribution in [3.8, 4) is 0 Å². The van der Waals surface area contributed by atoms with Crippen LogP contribution in [0.15, 0.2) is 36.7 Å². The van der Waals surface area contributed by atoms with Gasteiger partial charge in [-0.25, -0.2) is 4.98 Å². The molecule has 1 aromatic carbocycles. The van der Waals surface area contributed by atoms with Crippen LogP contribution in [-0.4, -0.2) is 24.3 Å². The molecule has 0 aliphatic carbocycles. The van der Waals surface area contributed by atoms with Crippen LogP contribution in [0.4, 0.5) is 0 Å². The van der Waals surface area contributed by atoms with E-state index in [-0.39, 0.29) is 0 Å². The molecule has 4 aromatic rings. The minimum absolute atomic E-state index is 0.689. The Bertz CT molecular complexity index is 1060. The molecule has 3 heterocycles. The van der Waals surface area contributed by atoms with Crippen LogP contribution in [0.1, 0.15) is 64.9 Å². The van der Waals surface area contributed by atoms with E-state index in [1.807, 2.05) is 64.6 Å². The van der Waals surface area contributed by atoms with Gasteiger partial charge >= 0.3 is 0 Å². The minimum atomic E-state index is 0.689. The van der Waals surface area contributed by atoms with Crippen LogP contribution in [-0.2, 0) is 20.5 Å². The summed E-state index contributed by atoms with van der Waals surface area (Å²) in [7, 11) is 3.94. The summed E-state index contributed by atoms with van der Waals surface area (Å²) in [5.74, 6) is 0.961. The van der Waals surface area contributed by atoms with E-state index >= 15 is 0 Å². The number of aryl methyl sites for hydroxylation is 2. The monoisotopic (exact) mass is 427 g/mol. The molecular weight excluding hydrogens is 394 g/mol. The van der Waals surface area contributed by atoms with Crippen molar-refractivity contribution in [3.63, 3.8) is 0 Å². The Labute approximate surface area is 185 Å². The number of rotatable bonds is 5. The zero-order valence-electron chi connectivity index (χ0n) is 19.1. The van der Waals surface area contributed by atoms with Crippen molar-refractivity contribution < 1.29 is 0 Å². The first-order valence-corrected chi connectivity index (χ1v) is 11.3. The van der Waals surface area contributed by atoms with E-state index in [1.165, 1.54) is 25.7 Å². The summed E-state index contributed by atoms with van der Waals surface area (Å²) in [5, 5.41) is 6.14. The Kier molecular flexibility index (Phi) is 9.31. The van der Waals surface area contributed by atoms with Crippen molar-refractivity contribution in [1.82, 2.24) is 24.3 Å². The molecule has 0 radical (unpaired) electrons. The molecule has 30 heavy (non-hydrogen) atoms. The summed E-state index contributed by atoms with van der Waals surface area (Å²) in [6, 6.07) is 7.74. The van der Waals surface area contributed by atoms with Gasteiger partial charge in [-0.3, -0.25) is 9.67 Å². The molecule has 0 fully saturated rings. The van der Waals surface area contributed by atoms with E-state index < -0.39 is 0 Å². The Morgan fingerprint density at radius 2 is 1.67 bits per heavy atom. The van der Waals surface area contributed by atoms with Crippen LogP contribution in [0.5, 0.6) is 0 Å². The quantitative estimate of drug-likeness (QED) is 0.332. The molecule has 0 N–H and O–H groups in total. The number of fused-ring (bicyclic) bond motifs is 3. The smallest absolute Gasteiger partial charge is 0.115 e. The van der Waals surface area contributed by atoms with Crippen LogP contribution in [0.3, 0.4) is 0 Å². The molecule has 0 spiro atoms. The van der Waals surface area contributed by atoms with E-state index in [9.17, 15) is 0 Å². The Balaban J connectivity index is 0.000000348. The lowest BCUT2D eigenvalue weighted by atomic mass is 10.2. The van der Waals surface area contributed by atoms with Gasteiger partial charge in [0.15, 0.2) is 0 Å². The highest BCUT2D eigenvalue weighted by Gasteiger charge is 2.13. The number of unbranched alkanes of at least 4 members (excludes halogenated alkanes) is 3. The maximum atomic E-state index is 6.14.